The highest BCUT2D eigenvalue weighted by atomic mass is 15.1. The van der Waals surface area contributed by atoms with Crippen LogP contribution in [0.25, 0.3) is 0 Å². The number of aromatic nitrogens is 2. The summed E-state index contributed by atoms with van der Waals surface area (Å²) in [6.07, 6.45) is 1.91. The van der Waals surface area contributed by atoms with Gasteiger partial charge in [-0.25, -0.2) is 4.98 Å². The quantitative estimate of drug-likeness (QED) is 0.912. The molecule has 0 aliphatic carbocycles. The van der Waals surface area contributed by atoms with Gasteiger partial charge < -0.3 is 10.3 Å². The van der Waals surface area contributed by atoms with Crippen LogP contribution in [0.2, 0.25) is 0 Å². The molecule has 1 aromatic carbocycles. The maximum atomic E-state index is 6.50. The maximum Gasteiger partial charge on any atom is 0.0954 e. The van der Waals surface area contributed by atoms with Crippen LogP contribution in [0, 0.1) is 19.8 Å². The van der Waals surface area contributed by atoms with Crippen LogP contribution >= 0.6 is 0 Å². The summed E-state index contributed by atoms with van der Waals surface area (Å²) in [5, 5.41) is 0. The van der Waals surface area contributed by atoms with Crippen LogP contribution < -0.4 is 5.73 Å². The number of hydrogen-bond acceptors (Lipinski definition) is 2. The molecule has 2 rings (SSSR count). The van der Waals surface area contributed by atoms with Gasteiger partial charge in [0, 0.05) is 5.69 Å². The summed E-state index contributed by atoms with van der Waals surface area (Å²) in [5.74, 6) is 0.447. The van der Waals surface area contributed by atoms with Crippen molar-refractivity contribution in [3.8, 4) is 0 Å². The first-order valence-electron chi connectivity index (χ1n) is 6.83. The third-order valence-electron chi connectivity index (χ3n) is 3.84. The van der Waals surface area contributed by atoms with Crippen LogP contribution in [0.5, 0.6) is 0 Å². The van der Waals surface area contributed by atoms with Gasteiger partial charge in [-0.05, 0) is 25.3 Å². The minimum absolute atomic E-state index is 0.0199. The molecule has 0 spiro atoms. The number of rotatable bonds is 4. The van der Waals surface area contributed by atoms with Crippen LogP contribution in [0.3, 0.4) is 0 Å². The van der Waals surface area contributed by atoms with Crippen LogP contribution in [0.1, 0.15) is 42.9 Å². The maximum absolute atomic E-state index is 6.50. The first-order chi connectivity index (χ1) is 9.02. The van der Waals surface area contributed by atoms with Gasteiger partial charge in [-0.1, -0.05) is 44.2 Å². The zero-order chi connectivity index (χ0) is 14.0. The smallest absolute Gasteiger partial charge is 0.0954 e. The van der Waals surface area contributed by atoms with Gasteiger partial charge in [0.15, 0.2) is 0 Å². The number of aryl methyl sites for hydroxylation is 1. The molecule has 0 bridgehead atoms. The lowest BCUT2D eigenvalue weighted by atomic mass is 9.91. The Labute approximate surface area is 115 Å². The van der Waals surface area contributed by atoms with E-state index in [4.69, 9.17) is 5.73 Å². The highest BCUT2D eigenvalue weighted by molar-refractivity contribution is 5.21. The first-order valence-corrected chi connectivity index (χ1v) is 6.83. The Morgan fingerprint density at radius 2 is 1.74 bits per heavy atom. The fourth-order valence-electron chi connectivity index (χ4n) is 2.60. The van der Waals surface area contributed by atoms with E-state index in [-0.39, 0.29) is 12.1 Å². The van der Waals surface area contributed by atoms with E-state index in [1.54, 1.807) is 0 Å². The number of nitrogens with two attached hydrogens (primary N) is 1. The standard InChI is InChI=1S/C16H23N3/c1-11(2)16(19-10-18-12(3)13(19)4)15(17)14-8-6-5-7-9-14/h5-11,15-16H,17H2,1-4H3. The van der Waals surface area contributed by atoms with Crippen molar-refractivity contribution in [3.05, 3.63) is 53.6 Å². The van der Waals surface area contributed by atoms with Gasteiger partial charge in [0.05, 0.1) is 24.1 Å². The van der Waals surface area contributed by atoms with Crippen molar-refractivity contribution in [2.24, 2.45) is 11.7 Å². The van der Waals surface area contributed by atoms with Crippen molar-refractivity contribution >= 4 is 0 Å². The zero-order valence-electron chi connectivity index (χ0n) is 12.2. The predicted octanol–water partition coefficient (Wildman–Crippen LogP) is 3.40. The molecule has 1 heterocycles. The molecule has 0 amide bonds. The fourth-order valence-corrected chi connectivity index (χ4v) is 2.60. The van der Waals surface area contributed by atoms with Crippen LogP contribution in [0.15, 0.2) is 36.7 Å². The molecule has 0 fully saturated rings. The van der Waals surface area contributed by atoms with Gasteiger partial charge in [-0.15, -0.1) is 0 Å². The highest BCUT2D eigenvalue weighted by Crippen LogP contribution is 2.32. The summed E-state index contributed by atoms with van der Waals surface area (Å²) in [6, 6.07) is 10.5. The molecule has 3 nitrogen and oxygen atoms in total. The minimum Gasteiger partial charge on any atom is -0.329 e. The monoisotopic (exact) mass is 257 g/mol. The number of hydrogen-bond donors (Lipinski definition) is 1. The Morgan fingerprint density at radius 3 is 2.21 bits per heavy atom. The van der Waals surface area contributed by atoms with Crippen LogP contribution in [-0.2, 0) is 0 Å². The van der Waals surface area contributed by atoms with Crippen molar-refractivity contribution in [2.75, 3.05) is 0 Å². The third kappa shape index (κ3) is 2.71. The van der Waals surface area contributed by atoms with E-state index in [2.05, 4.69) is 42.5 Å². The molecular formula is C16H23N3. The summed E-state index contributed by atoms with van der Waals surface area (Å²) < 4.78 is 2.22. The van der Waals surface area contributed by atoms with Gasteiger partial charge >= 0.3 is 0 Å². The molecule has 1 aromatic heterocycles. The van der Waals surface area contributed by atoms with Crippen molar-refractivity contribution in [2.45, 2.75) is 39.8 Å². The molecule has 102 valence electrons. The molecule has 0 aliphatic rings. The first kappa shape index (κ1) is 13.8. The second-order valence-electron chi connectivity index (χ2n) is 5.49. The lowest BCUT2D eigenvalue weighted by Gasteiger charge is -2.30. The summed E-state index contributed by atoms with van der Waals surface area (Å²) >= 11 is 0. The predicted molar refractivity (Wildman–Crippen MR) is 78.9 cm³/mol. The summed E-state index contributed by atoms with van der Waals surface area (Å²) in [5.41, 5.74) is 9.95. The Hall–Kier alpha value is -1.61. The van der Waals surface area contributed by atoms with Crippen molar-refractivity contribution in [1.82, 2.24) is 9.55 Å². The molecule has 2 aromatic rings. The normalized spacial score (nSPS) is 14.6. The Morgan fingerprint density at radius 1 is 1.11 bits per heavy atom. The summed E-state index contributed by atoms with van der Waals surface area (Å²) in [7, 11) is 0. The van der Waals surface area contributed by atoms with Crippen molar-refractivity contribution < 1.29 is 0 Å². The van der Waals surface area contributed by atoms with E-state index >= 15 is 0 Å². The molecular weight excluding hydrogens is 234 g/mol. The van der Waals surface area contributed by atoms with Gasteiger partial charge in [-0.2, -0.15) is 0 Å². The SMILES string of the molecule is Cc1ncn(C(C(C)C)C(N)c2ccccc2)c1C. The Bertz CT molecular complexity index is 528. The second kappa shape index (κ2) is 5.57. The Balaban J connectivity index is 2.39. The zero-order valence-corrected chi connectivity index (χ0v) is 12.2. The van der Waals surface area contributed by atoms with E-state index in [1.165, 1.54) is 11.3 Å². The van der Waals surface area contributed by atoms with Crippen molar-refractivity contribution in [1.29, 1.82) is 0 Å². The van der Waals surface area contributed by atoms with Gasteiger partial charge in [0.1, 0.15) is 0 Å². The van der Waals surface area contributed by atoms with Gasteiger partial charge in [0.2, 0.25) is 0 Å². The summed E-state index contributed by atoms with van der Waals surface area (Å²) in [6.45, 7) is 8.57. The molecule has 3 heteroatoms. The summed E-state index contributed by atoms with van der Waals surface area (Å²) in [4.78, 5) is 4.40. The molecule has 19 heavy (non-hydrogen) atoms. The third-order valence-corrected chi connectivity index (χ3v) is 3.84. The second-order valence-corrected chi connectivity index (χ2v) is 5.49. The molecule has 2 N–H and O–H groups in total. The lowest BCUT2D eigenvalue weighted by molar-refractivity contribution is 0.314. The fraction of sp³-hybridized carbons (Fsp3) is 0.438. The van der Waals surface area contributed by atoms with Gasteiger partial charge in [-0.3, -0.25) is 0 Å². The molecule has 0 saturated heterocycles. The van der Waals surface area contributed by atoms with E-state index in [9.17, 15) is 0 Å². The molecule has 2 unspecified atom stereocenters. The average Bonchev–Trinajstić information content (AvgIpc) is 2.72. The number of imidazole rings is 1. The number of nitrogens with zero attached hydrogens (tertiary/aromatic N) is 2. The van der Waals surface area contributed by atoms with E-state index in [1.807, 2.05) is 31.5 Å². The molecule has 0 radical (unpaired) electrons. The largest absolute Gasteiger partial charge is 0.329 e. The molecule has 2 atom stereocenters. The number of benzene rings is 1. The Kier molecular flexibility index (Phi) is 4.05. The topological polar surface area (TPSA) is 43.8 Å². The lowest BCUT2D eigenvalue weighted by Crippen LogP contribution is -2.29. The molecule has 0 aliphatic heterocycles. The van der Waals surface area contributed by atoms with Gasteiger partial charge in [0.25, 0.3) is 0 Å². The van der Waals surface area contributed by atoms with Crippen LogP contribution in [-0.4, -0.2) is 9.55 Å². The van der Waals surface area contributed by atoms with E-state index in [0.717, 1.165) is 5.69 Å². The van der Waals surface area contributed by atoms with Crippen LogP contribution in [0.4, 0.5) is 0 Å². The van der Waals surface area contributed by atoms with E-state index < -0.39 is 0 Å². The molecule has 0 saturated carbocycles. The average molecular weight is 257 g/mol. The van der Waals surface area contributed by atoms with Crippen molar-refractivity contribution in [3.63, 3.8) is 0 Å². The highest BCUT2D eigenvalue weighted by Gasteiger charge is 2.25. The minimum atomic E-state index is -0.0199. The van der Waals surface area contributed by atoms with E-state index in [0.29, 0.717) is 5.92 Å².